The van der Waals surface area contributed by atoms with E-state index in [4.69, 9.17) is 4.74 Å². The van der Waals surface area contributed by atoms with Crippen molar-refractivity contribution in [1.82, 2.24) is 5.32 Å². The predicted molar refractivity (Wildman–Crippen MR) is 91.5 cm³/mol. The van der Waals surface area contributed by atoms with Crippen molar-refractivity contribution in [3.63, 3.8) is 0 Å². The largest absolute Gasteiger partial charge is 0.496 e. The number of hydrogen-bond donors (Lipinski definition) is 1. The Hall–Kier alpha value is -1.32. The third-order valence-corrected chi connectivity index (χ3v) is 5.07. The van der Waals surface area contributed by atoms with Crippen molar-refractivity contribution in [2.75, 3.05) is 14.2 Å². The average Bonchev–Trinajstić information content (AvgIpc) is 3.00. The van der Waals surface area contributed by atoms with E-state index in [1.54, 1.807) is 7.11 Å². The van der Waals surface area contributed by atoms with Gasteiger partial charge in [-0.05, 0) is 62.7 Å². The van der Waals surface area contributed by atoms with Crippen molar-refractivity contribution >= 4 is 11.3 Å². The zero-order valence-corrected chi connectivity index (χ0v) is 14.2. The van der Waals surface area contributed by atoms with E-state index in [1.165, 1.54) is 28.0 Å². The lowest BCUT2D eigenvalue weighted by Crippen LogP contribution is -2.18. The summed E-state index contributed by atoms with van der Waals surface area (Å²) in [5.41, 5.74) is 3.80. The van der Waals surface area contributed by atoms with Crippen molar-refractivity contribution in [2.45, 2.75) is 39.2 Å². The zero-order valence-electron chi connectivity index (χ0n) is 13.4. The fourth-order valence-corrected chi connectivity index (χ4v) is 3.50. The van der Waals surface area contributed by atoms with Gasteiger partial charge in [0.25, 0.3) is 0 Å². The summed E-state index contributed by atoms with van der Waals surface area (Å²) >= 11 is 1.84. The van der Waals surface area contributed by atoms with Crippen LogP contribution in [0.3, 0.4) is 0 Å². The van der Waals surface area contributed by atoms with Gasteiger partial charge in [-0.1, -0.05) is 18.2 Å². The molecule has 0 fully saturated rings. The molecule has 1 atom stereocenters. The Kier molecular flexibility index (Phi) is 5.83. The minimum absolute atomic E-state index is 0.346. The van der Waals surface area contributed by atoms with Gasteiger partial charge in [0.2, 0.25) is 0 Å². The van der Waals surface area contributed by atoms with Gasteiger partial charge < -0.3 is 10.1 Å². The molecule has 21 heavy (non-hydrogen) atoms. The summed E-state index contributed by atoms with van der Waals surface area (Å²) in [4.78, 5) is 1.47. The van der Waals surface area contributed by atoms with Crippen LogP contribution in [0.5, 0.6) is 5.75 Å². The van der Waals surface area contributed by atoms with Crippen LogP contribution in [-0.2, 0) is 6.42 Å². The first-order chi connectivity index (χ1) is 10.2. The number of methoxy groups -OCH3 is 1. The Morgan fingerprint density at radius 2 is 2.05 bits per heavy atom. The Bertz CT molecular complexity index is 563. The number of aryl methyl sites for hydroxylation is 2. The van der Waals surface area contributed by atoms with Gasteiger partial charge >= 0.3 is 0 Å². The fraction of sp³-hybridized carbons (Fsp3) is 0.444. The molecule has 0 aliphatic carbocycles. The Balaban J connectivity index is 2.08. The van der Waals surface area contributed by atoms with E-state index in [9.17, 15) is 0 Å². The van der Waals surface area contributed by atoms with E-state index in [0.29, 0.717) is 6.04 Å². The zero-order chi connectivity index (χ0) is 15.2. The molecule has 0 radical (unpaired) electrons. The van der Waals surface area contributed by atoms with Crippen LogP contribution in [0.25, 0.3) is 0 Å². The molecule has 0 bridgehead atoms. The fourth-order valence-electron chi connectivity index (χ4n) is 2.75. The van der Waals surface area contributed by atoms with Gasteiger partial charge in [0, 0.05) is 16.5 Å². The van der Waals surface area contributed by atoms with Crippen LogP contribution in [0.2, 0.25) is 0 Å². The second-order valence-corrected chi connectivity index (χ2v) is 6.48. The van der Waals surface area contributed by atoms with Crippen LogP contribution in [-0.4, -0.2) is 14.2 Å². The molecule has 1 heterocycles. The van der Waals surface area contributed by atoms with Gasteiger partial charge in [0.15, 0.2) is 0 Å². The summed E-state index contributed by atoms with van der Waals surface area (Å²) in [6.45, 7) is 4.27. The van der Waals surface area contributed by atoms with Gasteiger partial charge in [0.1, 0.15) is 5.75 Å². The summed E-state index contributed by atoms with van der Waals surface area (Å²) in [7, 11) is 3.80. The first kappa shape index (κ1) is 16.1. The summed E-state index contributed by atoms with van der Waals surface area (Å²) in [6, 6.07) is 9.08. The molecule has 1 unspecified atom stereocenters. The number of hydrogen-bond acceptors (Lipinski definition) is 3. The van der Waals surface area contributed by atoms with Crippen LogP contribution < -0.4 is 10.1 Å². The monoisotopic (exact) mass is 303 g/mol. The Morgan fingerprint density at radius 3 is 2.67 bits per heavy atom. The van der Waals surface area contributed by atoms with Crippen molar-refractivity contribution in [3.05, 3.63) is 51.2 Å². The highest BCUT2D eigenvalue weighted by Crippen LogP contribution is 2.33. The number of benzene rings is 1. The average molecular weight is 303 g/mol. The molecular formula is C18H25NOS. The maximum atomic E-state index is 5.65. The number of ether oxygens (including phenoxy) is 1. The van der Waals surface area contributed by atoms with Gasteiger partial charge in [-0.3, -0.25) is 0 Å². The van der Waals surface area contributed by atoms with Gasteiger partial charge in [-0.2, -0.15) is 0 Å². The Labute approximate surface area is 132 Å². The van der Waals surface area contributed by atoms with E-state index in [2.05, 4.69) is 48.8 Å². The van der Waals surface area contributed by atoms with E-state index < -0.39 is 0 Å². The molecule has 1 N–H and O–H groups in total. The maximum absolute atomic E-state index is 5.65. The van der Waals surface area contributed by atoms with Gasteiger partial charge in [-0.25, -0.2) is 0 Å². The third-order valence-electron chi connectivity index (χ3n) is 4.13. The molecule has 1 aromatic carbocycles. The first-order valence-corrected chi connectivity index (χ1v) is 8.39. The SMILES string of the molecule is CNC(CCCc1cccs1)c1ccc(C)c(C)c1OC. The second-order valence-electron chi connectivity index (χ2n) is 5.44. The highest BCUT2D eigenvalue weighted by molar-refractivity contribution is 7.09. The highest BCUT2D eigenvalue weighted by Gasteiger charge is 2.16. The van der Waals surface area contributed by atoms with Crippen LogP contribution >= 0.6 is 11.3 Å². The van der Waals surface area contributed by atoms with Gasteiger partial charge in [0.05, 0.1) is 7.11 Å². The quantitative estimate of drug-likeness (QED) is 0.803. The molecule has 1 aromatic heterocycles. The molecule has 0 amide bonds. The van der Waals surface area contributed by atoms with E-state index >= 15 is 0 Å². The summed E-state index contributed by atoms with van der Waals surface area (Å²) in [6.07, 6.45) is 3.46. The highest BCUT2D eigenvalue weighted by atomic mass is 32.1. The van der Waals surface area contributed by atoms with Crippen molar-refractivity contribution < 1.29 is 4.74 Å². The minimum atomic E-state index is 0.346. The molecule has 0 saturated heterocycles. The minimum Gasteiger partial charge on any atom is -0.496 e. The summed E-state index contributed by atoms with van der Waals surface area (Å²) in [5, 5.41) is 5.59. The molecule has 114 valence electrons. The molecule has 3 heteroatoms. The number of thiophene rings is 1. The lowest BCUT2D eigenvalue weighted by atomic mass is 9.95. The smallest absolute Gasteiger partial charge is 0.126 e. The van der Waals surface area contributed by atoms with Crippen LogP contribution in [0.15, 0.2) is 29.6 Å². The molecule has 2 rings (SSSR count). The van der Waals surface area contributed by atoms with Crippen LogP contribution in [0.1, 0.15) is 40.5 Å². The van der Waals surface area contributed by atoms with E-state index in [-0.39, 0.29) is 0 Å². The number of rotatable bonds is 7. The van der Waals surface area contributed by atoms with Crippen molar-refractivity contribution in [2.24, 2.45) is 0 Å². The summed E-state index contributed by atoms with van der Waals surface area (Å²) < 4.78 is 5.65. The predicted octanol–water partition coefficient (Wildman–Crippen LogP) is 4.66. The lowest BCUT2D eigenvalue weighted by Gasteiger charge is -2.21. The van der Waals surface area contributed by atoms with Crippen LogP contribution in [0.4, 0.5) is 0 Å². The van der Waals surface area contributed by atoms with E-state index in [0.717, 1.165) is 18.6 Å². The second kappa shape index (κ2) is 7.62. The standard InChI is InChI=1S/C18H25NOS/c1-13-10-11-16(18(20-4)14(13)2)17(19-3)9-5-7-15-8-6-12-21-15/h6,8,10-12,17,19H,5,7,9H2,1-4H3. The van der Waals surface area contributed by atoms with Gasteiger partial charge in [-0.15, -0.1) is 11.3 Å². The van der Waals surface area contributed by atoms with Crippen molar-refractivity contribution in [3.8, 4) is 5.75 Å². The third kappa shape index (κ3) is 3.86. The molecular weight excluding hydrogens is 278 g/mol. The normalized spacial score (nSPS) is 12.4. The van der Waals surface area contributed by atoms with Crippen molar-refractivity contribution in [1.29, 1.82) is 0 Å². The molecule has 0 aliphatic rings. The molecule has 0 aliphatic heterocycles. The molecule has 0 spiro atoms. The van der Waals surface area contributed by atoms with E-state index in [1.807, 2.05) is 18.4 Å². The first-order valence-electron chi connectivity index (χ1n) is 7.51. The molecule has 2 nitrogen and oxygen atoms in total. The Morgan fingerprint density at radius 1 is 1.24 bits per heavy atom. The number of nitrogens with one attached hydrogen (secondary N) is 1. The molecule has 2 aromatic rings. The molecule has 0 saturated carbocycles. The summed E-state index contributed by atoms with van der Waals surface area (Å²) in [5.74, 6) is 1.03. The van der Waals surface area contributed by atoms with Crippen LogP contribution in [0, 0.1) is 13.8 Å². The lowest BCUT2D eigenvalue weighted by molar-refractivity contribution is 0.394. The maximum Gasteiger partial charge on any atom is 0.126 e. The topological polar surface area (TPSA) is 21.3 Å².